The fourth-order valence-corrected chi connectivity index (χ4v) is 2.94. The Morgan fingerprint density at radius 2 is 2.21 bits per heavy atom. The molecule has 1 saturated heterocycles. The number of rotatable bonds is 5. The maximum absolute atomic E-state index is 6.00. The average Bonchev–Trinajstić information content (AvgIpc) is 2.47. The molecular weight excluding hydrogens is 304 g/mol. The van der Waals surface area contributed by atoms with Crippen LogP contribution in [0.3, 0.4) is 0 Å². The molecule has 2 rings (SSSR count). The second-order valence-electron chi connectivity index (χ2n) is 5.28. The zero-order valence-corrected chi connectivity index (χ0v) is 13.4. The lowest BCUT2D eigenvalue weighted by atomic mass is 9.86. The van der Waals surface area contributed by atoms with Crippen LogP contribution in [0.2, 0.25) is 0 Å². The quantitative estimate of drug-likeness (QED) is 0.896. The maximum Gasteiger partial charge on any atom is 0.0692 e. The molecule has 1 aliphatic heterocycles. The third-order valence-corrected chi connectivity index (χ3v) is 4.61. The van der Waals surface area contributed by atoms with Gasteiger partial charge in [0.25, 0.3) is 0 Å². The van der Waals surface area contributed by atoms with E-state index in [4.69, 9.17) is 4.74 Å². The first-order chi connectivity index (χ1) is 9.17. The van der Waals surface area contributed by atoms with Crippen molar-refractivity contribution in [1.82, 2.24) is 10.3 Å². The minimum absolute atomic E-state index is 0.0864. The molecule has 1 atom stereocenters. The molecule has 3 nitrogen and oxygen atoms in total. The first-order valence-corrected chi connectivity index (χ1v) is 7.94. The van der Waals surface area contributed by atoms with Crippen molar-refractivity contribution in [2.24, 2.45) is 0 Å². The van der Waals surface area contributed by atoms with Gasteiger partial charge in [-0.25, -0.2) is 0 Å². The van der Waals surface area contributed by atoms with Crippen LogP contribution >= 0.6 is 15.9 Å². The monoisotopic (exact) mass is 326 g/mol. The molecule has 106 valence electrons. The van der Waals surface area contributed by atoms with Gasteiger partial charge in [-0.05, 0) is 53.7 Å². The lowest BCUT2D eigenvalue weighted by Crippen LogP contribution is -2.46. The summed E-state index contributed by atoms with van der Waals surface area (Å²) in [6.07, 6.45) is 6.24. The third-order valence-electron chi connectivity index (χ3n) is 4.14. The van der Waals surface area contributed by atoms with Gasteiger partial charge in [0.15, 0.2) is 0 Å². The summed E-state index contributed by atoms with van der Waals surface area (Å²) < 4.78 is 7.03. The van der Waals surface area contributed by atoms with Crippen LogP contribution in [0.5, 0.6) is 0 Å². The molecular formula is C15H23BrN2O. The van der Waals surface area contributed by atoms with Crippen LogP contribution < -0.4 is 5.32 Å². The van der Waals surface area contributed by atoms with E-state index in [-0.39, 0.29) is 5.60 Å². The number of ether oxygens (including phenoxy) is 1. The van der Waals surface area contributed by atoms with Gasteiger partial charge in [0.1, 0.15) is 0 Å². The molecule has 1 N–H and O–H groups in total. The molecule has 0 spiro atoms. The molecule has 1 aromatic rings. The summed E-state index contributed by atoms with van der Waals surface area (Å²) in [5.41, 5.74) is 1.18. The molecule has 1 aromatic heterocycles. The van der Waals surface area contributed by atoms with Gasteiger partial charge >= 0.3 is 0 Å². The number of nitrogens with one attached hydrogen (secondary N) is 1. The van der Waals surface area contributed by atoms with Crippen molar-refractivity contribution in [3.8, 4) is 0 Å². The van der Waals surface area contributed by atoms with Gasteiger partial charge in [-0.3, -0.25) is 4.98 Å². The lowest BCUT2D eigenvalue weighted by molar-refractivity contribution is -0.0932. The minimum Gasteiger partial charge on any atom is -0.375 e. The van der Waals surface area contributed by atoms with E-state index < -0.39 is 0 Å². The van der Waals surface area contributed by atoms with E-state index in [0.717, 1.165) is 49.0 Å². The summed E-state index contributed by atoms with van der Waals surface area (Å²) in [7, 11) is 0. The second-order valence-corrected chi connectivity index (χ2v) is 6.19. The number of halogens is 1. The first-order valence-electron chi connectivity index (χ1n) is 7.15. The Balaban J connectivity index is 1.87. The Hall–Kier alpha value is -0.450. The predicted octanol–water partition coefficient (Wildman–Crippen LogP) is 3.67. The van der Waals surface area contributed by atoms with Crippen LogP contribution in [0.15, 0.2) is 22.8 Å². The highest BCUT2D eigenvalue weighted by atomic mass is 79.9. The molecule has 0 aromatic carbocycles. The number of nitrogens with zero attached hydrogens (tertiary/aromatic N) is 1. The Kier molecular flexibility index (Phi) is 5.37. The van der Waals surface area contributed by atoms with Crippen molar-refractivity contribution in [3.05, 3.63) is 28.5 Å². The van der Waals surface area contributed by atoms with Crippen LogP contribution in [-0.2, 0) is 11.3 Å². The normalized spacial score (nSPS) is 22.4. The summed E-state index contributed by atoms with van der Waals surface area (Å²) in [5, 5.41) is 3.62. The molecule has 1 fully saturated rings. The molecule has 0 amide bonds. The van der Waals surface area contributed by atoms with Gasteiger partial charge in [-0.2, -0.15) is 0 Å². The minimum atomic E-state index is 0.0864. The Morgan fingerprint density at radius 3 is 2.84 bits per heavy atom. The third kappa shape index (κ3) is 4.01. The van der Waals surface area contributed by atoms with E-state index in [1.54, 1.807) is 0 Å². The summed E-state index contributed by atoms with van der Waals surface area (Å²) in [5.74, 6) is 0. The van der Waals surface area contributed by atoms with Crippen LogP contribution in [-0.4, -0.2) is 23.2 Å². The highest BCUT2D eigenvalue weighted by Gasteiger charge is 2.34. The van der Waals surface area contributed by atoms with Crippen molar-refractivity contribution in [3.63, 3.8) is 0 Å². The van der Waals surface area contributed by atoms with Crippen molar-refractivity contribution in [2.75, 3.05) is 6.61 Å². The zero-order chi connectivity index (χ0) is 13.7. The van der Waals surface area contributed by atoms with Crippen molar-refractivity contribution in [1.29, 1.82) is 0 Å². The first kappa shape index (κ1) is 14.9. The van der Waals surface area contributed by atoms with Gasteiger partial charge in [-0.15, -0.1) is 0 Å². The van der Waals surface area contributed by atoms with Crippen molar-refractivity contribution >= 4 is 15.9 Å². The molecule has 0 saturated carbocycles. The van der Waals surface area contributed by atoms with E-state index in [1.807, 2.05) is 12.3 Å². The molecule has 19 heavy (non-hydrogen) atoms. The molecule has 1 aliphatic rings. The predicted molar refractivity (Wildman–Crippen MR) is 81.1 cm³/mol. The largest absolute Gasteiger partial charge is 0.375 e. The highest BCUT2D eigenvalue weighted by molar-refractivity contribution is 9.10. The molecule has 0 bridgehead atoms. The van der Waals surface area contributed by atoms with Gasteiger partial charge in [-0.1, -0.05) is 13.8 Å². The molecule has 0 aliphatic carbocycles. The van der Waals surface area contributed by atoms with Gasteiger partial charge in [0, 0.05) is 29.9 Å². The molecule has 1 unspecified atom stereocenters. The van der Waals surface area contributed by atoms with E-state index >= 15 is 0 Å². The maximum atomic E-state index is 6.00. The summed E-state index contributed by atoms with van der Waals surface area (Å²) in [6.45, 7) is 6.15. The van der Waals surface area contributed by atoms with Crippen LogP contribution in [0.25, 0.3) is 0 Å². The van der Waals surface area contributed by atoms with E-state index in [1.165, 1.54) is 0 Å². The Morgan fingerprint density at radius 1 is 1.42 bits per heavy atom. The molecule has 2 heterocycles. The smallest absolute Gasteiger partial charge is 0.0692 e. The Bertz CT molecular complexity index is 390. The van der Waals surface area contributed by atoms with Gasteiger partial charge < -0.3 is 10.1 Å². The highest BCUT2D eigenvalue weighted by Crippen LogP contribution is 2.31. The standard InChI is InChI=1S/C15H23BrN2O/c1-3-15(4-2)9-13(7-8-19-15)18-11-14-6-5-12(16)10-17-14/h5-6,10,13,18H,3-4,7-9,11H2,1-2H3. The van der Waals surface area contributed by atoms with Crippen LogP contribution in [0.4, 0.5) is 0 Å². The van der Waals surface area contributed by atoms with Gasteiger partial charge in [0.05, 0.1) is 11.3 Å². The van der Waals surface area contributed by atoms with Crippen LogP contribution in [0, 0.1) is 0 Å². The summed E-state index contributed by atoms with van der Waals surface area (Å²) >= 11 is 3.41. The number of hydrogen-bond donors (Lipinski definition) is 1. The average molecular weight is 327 g/mol. The molecule has 4 heteroatoms. The van der Waals surface area contributed by atoms with Crippen LogP contribution in [0.1, 0.15) is 45.2 Å². The van der Waals surface area contributed by atoms with E-state index in [2.05, 4.69) is 46.1 Å². The zero-order valence-electron chi connectivity index (χ0n) is 11.8. The van der Waals surface area contributed by atoms with E-state index in [9.17, 15) is 0 Å². The van der Waals surface area contributed by atoms with Crippen molar-refractivity contribution < 1.29 is 4.74 Å². The summed E-state index contributed by atoms with van der Waals surface area (Å²) in [6, 6.07) is 4.64. The lowest BCUT2D eigenvalue weighted by Gasteiger charge is -2.40. The van der Waals surface area contributed by atoms with Crippen molar-refractivity contribution in [2.45, 2.75) is 57.7 Å². The number of pyridine rings is 1. The fraction of sp³-hybridized carbons (Fsp3) is 0.667. The fourth-order valence-electron chi connectivity index (χ4n) is 2.70. The number of aromatic nitrogens is 1. The number of hydrogen-bond acceptors (Lipinski definition) is 3. The van der Waals surface area contributed by atoms with Gasteiger partial charge in [0.2, 0.25) is 0 Å². The molecule has 0 radical (unpaired) electrons. The SMILES string of the molecule is CCC1(CC)CC(NCc2ccc(Br)cn2)CCO1. The Labute approximate surface area is 124 Å². The summed E-state index contributed by atoms with van der Waals surface area (Å²) in [4.78, 5) is 4.40. The second kappa shape index (κ2) is 6.82. The topological polar surface area (TPSA) is 34.2 Å². The van der Waals surface area contributed by atoms with E-state index in [0.29, 0.717) is 6.04 Å².